The first-order chi connectivity index (χ1) is 8.27. The number of hydrogen-bond acceptors (Lipinski definition) is 3. The summed E-state index contributed by atoms with van der Waals surface area (Å²) < 4.78 is 0. The van der Waals surface area contributed by atoms with Gasteiger partial charge in [-0.15, -0.1) is 11.3 Å². The lowest BCUT2D eigenvalue weighted by molar-refractivity contribution is -0.134. The van der Waals surface area contributed by atoms with Crippen molar-refractivity contribution in [3.05, 3.63) is 21.9 Å². The summed E-state index contributed by atoms with van der Waals surface area (Å²) in [5.74, 6) is 0.281. The molecular weight excluding hydrogens is 232 g/mol. The average Bonchev–Trinajstić information content (AvgIpc) is 2.82. The third-order valence-corrected chi connectivity index (χ3v) is 4.39. The van der Waals surface area contributed by atoms with Gasteiger partial charge in [0.1, 0.15) is 0 Å². The normalized spacial score (nSPS) is 19.2. The molecule has 1 aromatic rings. The van der Waals surface area contributed by atoms with Crippen LogP contribution in [0.5, 0.6) is 0 Å². The van der Waals surface area contributed by atoms with Crippen molar-refractivity contribution in [2.45, 2.75) is 32.2 Å². The summed E-state index contributed by atoms with van der Waals surface area (Å²) in [6.45, 7) is 3.81. The molecule has 0 fully saturated rings. The summed E-state index contributed by atoms with van der Waals surface area (Å²) in [5, 5.41) is 5.19. The van der Waals surface area contributed by atoms with Gasteiger partial charge in [-0.3, -0.25) is 4.79 Å². The van der Waals surface area contributed by atoms with Crippen LogP contribution in [0.25, 0.3) is 0 Å². The number of nitrogens with one attached hydrogen (secondary N) is 1. The van der Waals surface area contributed by atoms with Crippen LogP contribution in [-0.4, -0.2) is 30.9 Å². The molecule has 2 heterocycles. The average molecular weight is 252 g/mol. The molecule has 1 N–H and O–H groups in total. The van der Waals surface area contributed by atoms with Crippen LogP contribution in [0.1, 0.15) is 36.2 Å². The van der Waals surface area contributed by atoms with Gasteiger partial charge in [0.15, 0.2) is 0 Å². The largest absolute Gasteiger partial charge is 0.335 e. The Bertz CT molecular complexity index is 389. The molecule has 0 saturated carbocycles. The number of carbonyl (C=O) groups is 1. The van der Waals surface area contributed by atoms with Crippen molar-refractivity contribution >= 4 is 17.2 Å². The van der Waals surface area contributed by atoms with E-state index in [1.165, 1.54) is 10.4 Å². The molecule has 0 bridgehead atoms. The topological polar surface area (TPSA) is 32.3 Å². The molecule has 0 radical (unpaired) electrons. The smallest absolute Gasteiger partial charge is 0.224 e. The van der Waals surface area contributed by atoms with E-state index in [1.807, 2.05) is 18.4 Å². The van der Waals surface area contributed by atoms with Crippen molar-refractivity contribution in [3.63, 3.8) is 0 Å². The second-order valence-corrected chi connectivity index (χ2v) is 5.41. The standard InChI is InChI=1S/C13H20N2OS/c1-3-11-10-6-9-17-12(10)5-8-15(11)13(16)4-7-14-2/h6,9,11,14H,3-5,7-8H2,1-2H3/t11-/m1/s1. The van der Waals surface area contributed by atoms with Gasteiger partial charge in [-0.25, -0.2) is 0 Å². The van der Waals surface area contributed by atoms with Gasteiger partial charge in [0, 0.05) is 24.4 Å². The van der Waals surface area contributed by atoms with Gasteiger partial charge in [-0.2, -0.15) is 0 Å². The maximum Gasteiger partial charge on any atom is 0.224 e. The minimum Gasteiger partial charge on any atom is -0.335 e. The highest BCUT2D eigenvalue weighted by Gasteiger charge is 2.29. The fraction of sp³-hybridized carbons (Fsp3) is 0.615. The van der Waals surface area contributed by atoms with Crippen LogP contribution in [0.3, 0.4) is 0 Å². The molecule has 3 nitrogen and oxygen atoms in total. The fourth-order valence-electron chi connectivity index (χ4n) is 2.51. The summed E-state index contributed by atoms with van der Waals surface area (Å²) in [7, 11) is 1.89. The second-order valence-electron chi connectivity index (χ2n) is 4.41. The van der Waals surface area contributed by atoms with Gasteiger partial charge in [-0.1, -0.05) is 6.92 Å². The van der Waals surface area contributed by atoms with Crippen LogP contribution in [0.2, 0.25) is 0 Å². The quantitative estimate of drug-likeness (QED) is 0.891. The van der Waals surface area contributed by atoms with E-state index in [0.29, 0.717) is 12.5 Å². The molecule has 94 valence electrons. The van der Waals surface area contributed by atoms with E-state index in [0.717, 1.165) is 25.9 Å². The van der Waals surface area contributed by atoms with E-state index < -0.39 is 0 Å². The third-order valence-electron chi connectivity index (χ3n) is 3.39. The first-order valence-electron chi connectivity index (χ1n) is 6.28. The highest BCUT2D eigenvalue weighted by atomic mass is 32.1. The Morgan fingerprint density at radius 2 is 2.47 bits per heavy atom. The number of nitrogens with zero attached hydrogens (tertiary/aromatic N) is 1. The summed E-state index contributed by atoms with van der Waals surface area (Å²) in [6, 6.07) is 2.49. The van der Waals surface area contributed by atoms with Gasteiger partial charge in [0.2, 0.25) is 5.91 Å². The molecule has 0 saturated heterocycles. The van der Waals surface area contributed by atoms with Crippen LogP contribution in [0.15, 0.2) is 11.4 Å². The Labute approximate surface area is 107 Å². The maximum atomic E-state index is 12.1. The molecule has 1 aromatic heterocycles. The zero-order valence-electron chi connectivity index (χ0n) is 10.5. The lowest BCUT2D eigenvalue weighted by Crippen LogP contribution is -2.40. The van der Waals surface area contributed by atoms with E-state index in [-0.39, 0.29) is 5.91 Å². The first-order valence-corrected chi connectivity index (χ1v) is 7.16. The zero-order chi connectivity index (χ0) is 12.3. The van der Waals surface area contributed by atoms with Gasteiger partial charge >= 0.3 is 0 Å². The Morgan fingerprint density at radius 3 is 3.18 bits per heavy atom. The van der Waals surface area contributed by atoms with E-state index in [4.69, 9.17) is 0 Å². The Hall–Kier alpha value is -0.870. The number of fused-ring (bicyclic) bond motifs is 1. The monoisotopic (exact) mass is 252 g/mol. The number of hydrogen-bond donors (Lipinski definition) is 1. The van der Waals surface area contributed by atoms with Gasteiger partial charge in [0.25, 0.3) is 0 Å². The van der Waals surface area contributed by atoms with Crippen molar-refractivity contribution in [2.75, 3.05) is 20.1 Å². The SMILES string of the molecule is CC[C@@H]1c2ccsc2CCN1C(=O)CCNC. The molecule has 0 spiro atoms. The zero-order valence-corrected chi connectivity index (χ0v) is 11.3. The summed E-state index contributed by atoms with van der Waals surface area (Å²) in [5.41, 5.74) is 1.38. The van der Waals surface area contributed by atoms with Gasteiger partial charge in [0.05, 0.1) is 6.04 Å². The van der Waals surface area contributed by atoms with Crippen molar-refractivity contribution < 1.29 is 4.79 Å². The Balaban J connectivity index is 2.12. The Morgan fingerprint density at radius 1 is 1.65 bits per heavy atom. The van der Waals surface area contributed by atoms with Crippen molar-refractivity contribution in [2.24, 2.45) is 0 Å². The highest BCUT2D eigenvalue weighted by Crippen LogP contribution is 2.35. The molecule has 1 amide bonds. The van der Waals surface area contributed by atoms with Crippen LogP contribution < -0.4 is 5.32 Å². The molecule has 1 aliphatic rings. The first kappa shape index (κ1) is 12.6. The number of thiophene rings is 1. The predicted molar refractivity (Wildman–Crippen MR) is 71.3 cm³/mol. The van der Waals surface area contributed by atoms with E-state index in [1.54, 1.807) is 0 Å². The molecule has 1 atom stereocenters. The number of carbonyl (C=O) groups excluding carboxylic acids is 1. The van der Waals surface area contributed by atoms with Crippen LogP contribution in [0, 0.1) is 0 Å². The highest BCUT2D eigenvalue weighted by molar-refractivity contribution is 7.10. The van der Waals surface area contributed by atoms with Gasteiger partial charge in [-0.05, 0) is 36.9 Å². The summed E-state index contributed by atoms with van der Waals surface area (Å²) in [6.07, 6.45) is 2.64. The van der Waals surface area contributed by atoms with Crippen LogP contribution in [-0.2, 0) is 11.2 Å². The molecule has 0 unspecified atom stereocenters. The minimum atomic E-state index is 0.281. The molecule has 17 heavy (non-hydrogen) atoms. The minimum absolute atomic E-state index is 0.281. The molecule has 1 aliphatic heterocycles. The number of rotatable bonds is 4. The van der Waals surface area contributed by atoms with Gasteiger partial charge < -0.3 is 10.2 Å². The molecule has 0 aromatic carbocycles. The second kappa shape index (κ2) is 5.65. The third kappa shape index (κ3) is 2.53. The fourth-order valence-corrected chi connectivity index (χ4v) is 3.44. The van der Waals surface area contributed by atoms with Crippen LogP contribution in [0.4, 0.5) is 0 Å². The predicted octanol–water partition coefficient (Wildman–Crippen LogP) is 2.19. The lowest BCUT2D eigenvalue weighted by atomic mass is 9.97. The number of amides is 1. The van der Waals surface area contributed by atoms with E-state index >= 15 is 0 Å². The molecule has 4 heteroatoms. The summed E-state index contributed by atoms with van der Waals surface area (Å²) in [4.78, 5) is 15.7. The van der Waals surface area contributed by atoms with E-state index in [2.05, 4.69) is 28.6 Å². The van der Waals surface area contributed by atoms with Crippen molar-refractivity contribution in [3.8, 4) is 0 Å². The summed E-state index contributed by atoms with van der Waals surface area (Å²) >= 11 is 1.83. The lowest BCUT2D eigenvalue weighted by Gasteiger charge is -2.35. The maximum absolute atomic E-state index is 12.1. The molecule has 0 aliphatic carbocycles. The molecular formula is C13H20N2OS. The van der Waals surface area contributed by atoms with Crippen molar-refractivity contribution in [1.29, 1.82) is 0 Å². The Kier molecular flexibility index (Phi) is 4.18. The van der Waals surface area contributed by atoms with Crippen molar-refractivity contribution in [1.82, 2.24) is 10.2 Å². The molecule has 2 rings (SSSR count). The van der Waals surface area contributed by atoms with Crippen LogP contribution >= 0.6 is 11.3 Å². The van der Waals surface area contributed by atoms with E-state index in [9.17, 15) is 4.79 Å².